The highest BCUT2D eigenvalue weighted by molar-refractivity contribution is 7.95. The average molecular weight is 417 g/mol. The molecule has 27 heavy (non-hydrogen) atoms. The third-order valence-electron chi connectivity index (χ3n) is 3.41. The van der Waals surface area contributed by atoms with Crippen LogP contribution in [-0.4, -0.2) is 15.5 Å². The number of anilines is 1. The van der Waals surface area contributed by atoms with Gasteiger partial charge < -0.3 is 10.1 Å². The molecule has 1 N–H and O–H groups in total. The van der Waals surface area contributed by atoms with Crippen LogP contribution < -0.4 is 10.1 Å². The molecule has 0 bridgehead atoms. The summed E-state index contributed by atoms with van der Waals surface area (Å²) in [6.07, 6.45) is -3.85. The van der Waals surface area contributed by atoms with Crippen molar-refractivity contribution in [2.75, 3.05) is 12.4 Å². The van der Waals surface area contributed by atoms with Gasteiger partial charge in [-0.05, 0) is 42.5 Å². The maximum absolute atomic E-state index is 12.9. The number of nitriles is 1. The Bertz CT molecular complexity index is 1010. The Hall–Kier alpha value is -2.70. The first kappa shape index (κ1) is 20.6. The second-order valence-corrected chi connectivity index (χ2v) is 7.46. The Kier molecular flexibility index (Phi) is 6.03. The minimum atomic E-state index is -4.67. The summed E-state index contributed by atoms with van der Waals surface area (Å²) in [5, 5.41) is 11.1. The number of nitrogens with one attached hydrogen (secondary N) is 1. The molecule has 5 nitrogen and oxygen atoms in total. The first-order valence-electron chi connectivity index (χ1n) is 7.22. The van der Waals surface area contributed by atoms with Crippen molar-refractivity contribution in [2.45, 2.75) is 11.1 Å². The Morgan fingerprint density at radius 1 is 1.22 bits per heavy atom. The molecule has 2 aromatic carbocycles. The van der Waals surface area contributed by atoms with Gasteiger partial charge >= 0.3 is 6.18 Å². The van der Waals surface area contributed by atoms with Crippen molar-refractivity contribution in [1.29, 1.82) is 5.26 Å². The van der Waals surface area contributed by atoms with Crippen LogP contribution in [0.5, 0.6) is 5.75 Å². The fourth-order valence-corrected chi connectivity index (χ4v) is 3.34. The number of hydrogen-bond acceptors (Lipinski definition) is 5. The lowest BCUT2D eigenvalue weighted by Crippen LogP contribution is -2.08. The third-order valence-corrected chi connectivity index (χ3v) is 5.42. The zero-order chi connectivity index (χ0) is 20.2. The van der Waals surface area contributed by atoms with E-state index in [0.29, 0.717) is 11.8 Å². The van der Waals surface area contributed by atoms with Crippen molar-refractivity contribution in [3.63, 3.8) is 0 Å². The average Bonchev–Trinajstić information content (AvgIpc) is 2.62. The van der Waals surface area contributed by atoms with Crippen molar-refractivity contribution in [1.82, 2.24) is 0 Å². The van der Waals surface area contributed by atoms with Crippen LogP contribution in [0.4, 0.5) is 18.9 Å². The predicted octanol–water partition coefficient (Wildman–Crippen LogP) is 4.62. The Labute approximate surface area is 158 Å². The molecule has 0 heterocycles. The number of benzene rings is 2. The van der Waals surface area contributed by atoms with Crippen LogP contribution >= 0.6 is 11.6 Å². The lowest BCUT2D eigenvalue weighted by atomic mass is 10.2. The molecular weight excluding hydrogens is 405 g/mol. The fraction of sp³-hybridized carbons (Fsp3) is 0.118. The van der Waals surface area contributed by atoms with Crippen molar-refractivity contribution in [3.05, 3.63) is 64.2 Å². The lowest BCUT2D eigenvalue weighted by molar-refractivity contribution is -0.137. The van der Waals surface area contributed by atoms with Crippen LogP contribution in [0.3, 0.4) is 0 Å². The molecular formula is C17H12ClF3N2O3S. The highest BCUT2D eigenvalue weighted by atomic mass is 35.5. The van der Waals surface area contributed by atoms with Crippen LogP contribution in [0.1, 0.15) is 5.56 Å². The number of allylic oxidation sites excluding steroid dienone is 1. The van der Waals surface area contributed by atoms with Gasteiger partial charge in [0.05, 0.1) is 22.6 Å². The topological polar surface area (TPSA) is 79.2 Å². The number of rotatable bonds is 5. The van der Waals surface area contributed by atoms with E-state index in [2.05, 4.69) is 5.32 Å². The summed E-state index contributed by atoms with van der Waals surface area (Å²) in [5.74, 6) is 0.426. The van der Waals surface area contributed by atoms with E-state index in [-0.39, 0.29) is 10.6 Å². The summed E-state index contributed by atoms with van der Waals surface area (Å²) in [5.41, 5.74) is -1.16. The molecule has 0 saturated carbocycles. The molecule has 0 atom stereocenters. The summed E-state index contributed by atoms with van der Waals surface area (Å²) >= 11 is 5.53. The first-order valence-corrected chi connectivity index (χ1v) is 9.08. The largest absolute Gasteiger partial charge is 0.497 e. The highest BCUT2D eigenvalue weighted by Gasteiger charge is 2.33. The number of hydrogen-bond donors (Lipinski definition) is 1. The van der Waals surface area contributed by atoms with E-state index in [0.717, 1.165) is 12.3 Å². The van der Waals surface area contributed by atoms with Crippen LogP contribution in [0.2, 0.25) is 5.02 Å². The number of halogens is 4. The second kappa shape index (κ2) is 7.90. The molecule has 0 saturated heterocycles. The van der Waals surface area contributed by atoms with Gasteiger partial charge in [-0.25, -0.2) is 8.42 Å². The summed E-state index contributed by atoms with van der Waals surface area (Å²) in [6.45, 7) is 0. The van der Waals surface area contributed by atoms with Gasteiger partial charge in [-0.2, -0.15) is 18.4 Å². The van der Waals surface area contributed by atoms with Crippen molar-refractivity contribution in [3.8, 4) is 11.8 Å². The number of sulfone groups is 1. The van der Waals surface area contributed by atoms with Gasteiger partial charge in [0.25, 0.3) is 0 Å². The molecule has 0 radical (unpaired) electrons. The van der Waals surface area contributed by atoms with E-state index in [9.17, 15) is 21.6 Å². The molecule has 0 unspecified atom stereocenters. The predicted molar refractivity (Wildman–Crippen MR) is 94.0 cm³/mol. The second-order valence-electron chi connectivity index (χ2n) is 5.14. The Morgan fingerprint density at radius 2 is 1.85 bits per heavy atom. The molecule has 0 aromatic heterocycles. The fourth-order valence-electron chi connectivity index (χ4n) is 2.03. The van der Waals surface area contributed by atoms with Gasteiger partial charge in [-0.15, -0.1) is 0 Å². The molecule has 0 amide bonds. The van der Waals surface area contributed by atoms with E-state index in [1.807, 2.05) is 0 Å². The normalized spacial score (nSPS) is 12.4. The minimum absolute atomic E-state index is 0.0793. The van der Waals surface area contributed by atoms with E-state index < -0.39 is 31.5 Å². The van der Waals surface area contributed by atoms with E-state index >= 15 is 0 Å². The maximum atomic E-state index is 12.9. The van der Waals surface area contributed by atoms with Crippen molar-refractivity contribution >= 4 is 27.1 Å². The first-order chi connectivity index (χ1) is 12.6. The molecule has 0 aliphatic carbocycles. The standard InChI is InChI=1S/C17H12ClF3N2O3S/c1-26-12-3-5-13(6-4-12)27(24,25)14(9-22)10-23-11-2-7-16(18)15(8-11)17(19,20)21/h2-8,10,23H,1H3. The van der Waals surface area contributed by atoms with Crippen LogP contribution in [0.15, 0.2) is 58.5 Å². The summed E-state index contributed by atoms with van der Waals surface area (Å²) in [6, 6.07) is 9.81. The van der Waals surface area contributed by atoms with Gasteiger partial charge in [0.1, 0.15) is 11.8 Å². The number of alkyl halides is 3. The summed E-state index contributed by atoms with van der Waals surface area (Å²) in [4.78, 5) is -0.832. The SMILES string of the molecule is COc1ccc(S(=O)(=O)C(C#N)=CNc2ccc(Cl)c(C(F)(F)F)c2)cc1. The molecule has 0 spiro atoms. The van der Waals surface area contributed by atoms with Crippen molar-refractivity contribution in [2.24, 2.45) is 0 Å². The molecule has 10 heteroatoms. The van der Waals surface area contributed by atoms with Gasteiger partial charge in [-0.1, -0.05) is 11.6 Å². The molecule has 142 valence electrons. The Morgan fingerprint density at radius 3 is 2.37 bits per heavy atom. The maximum Gasteiger partial charge on any atom is 0.417 e. The third kappa shape index (κ3) is 4.72. The van der Waals surface area contributed by atoms with E-state index in [1.54, 1.807) is 0 Å². The summed E-state index contributed by atoms with van der Waals surface area (Å²) < 4.78 is 68.6. The monoisotopic (exact) mass is 416 g/mol. The van der Waals surface area contributed by atoms with Crippen LogP contribution in [-0.2, 0) is 16.0 Å². The zero-order valence-corrected chi connectivity index (χ0v) is 15.3. The lowest BCUT2D eigenvalue weighted by Gasteiger charge is -2.11. The molecule has 0 fully saturated rings. The Balaban J connectivity index is 2.35. The highest BCUT2D eigenvalue weighted by Crippen LogP contribution is 2.36. The zero-order valence-electron chi connectivity index (χ0n) is 13.7. The van der Waals surface area contributed by atoms with Crippen LogP contribution in [0, 0.1) is 11.3 Å². The number of nitrogens with zero attached hydrogens (tertiary/aromatic N) is 1. The molecule has 2 aromatic rings. The smallest absolute Gasteiger partial charge is 0.417 e. The minimum Gasteiger partial charge on any atom is -0.497 e. The molecule has 0 aliphatic heterocycles. The van der Waals surface area contributed by atoms with E-state index in [1.165, 1.54) is 43.5 Å². The number of ether oxygens (including phenoxy) is 1. The molecule has 0 aliphatic rings. The van der Waals surface area contributed by atoms with Gasteiger partial charge in [0.15, 0.2) is 4.91 Å². The van der Waals surface area contributed by atoms with Gasteiger partial charge in [-0.3, -0.25) is 0 Å². The quantitative estimate of drug-likeness (QED) is 0.719. The number of methoxy groups -OCH3 is 1. The summed E-state index contributed by atoms with van der Waals surface area (Å²) in [7, 11) is -2.75. The molecule has 2 rings (SSSR count). The van der Waals surface area contributed by atoms with Crippen LogP contribution in [0.25, 0.3) is 0 Å². The van der Waals surface area contributed by atoms with Gasteiger partial charge in [0, 0.05) is 11.9 Å². The van der Waals surface area contributed by atoms with Gasteiger partial charge in [0.2, 0.25) is 9.84 Å². The van der Waals surface area contributed by atoms with Crippen molar-refractivity contribution < 1.29 is 26.3 Å². The van der Waals surface area contributed by atoms with E-state index in [4.69, 9.17) is 21.6 Å².